The molecule has 0 bridgehead atoms. The monoisotopic (exact) mass is 475 g/mol. The summed E-state index contributed by atoms with van der Waals surface area (Å²) in [6, 6.07) is 18.2. The maximum absolute atomic E-state index is 13.1. The highest BCUT2D eigenvalue weighted by atomic mass is 19.1. The molecule has 0 saturated carbocycles. The Morgan fingerprint density at radius 1 is 1.09 bits per heavy atom. The zero-order valence-corrected chi connectivity index (χ0v) is 19.4. The van der Waals surface area contributed by atoms with Gasteiger partial charge in [-0.3, -0.25) is 9.59 Å². The number of benzene rings is 2. The SMILES string of the molecule is CC(=O)N[C@@H](CC1=CN(C)CN1c1cccc(-c2ccc(Oc3ccc(F)cc3)cc2)n1)C(N)=O. The molecule has 0 unspecified atom stereocenters. The van der Waals surface area contributed by atoms with Gasteiger partial charge in [0.05, 0.1) is 12.4 Å². The molecule has 180 valence electrons. The predicted molar refractivity (Wildman–Crippen MR) is 131 cm³/mol. The van der Waals surface area contributed by atoms with Crippen LogP contribution in [0.2, 0.25) is 0 Å². The van der Waals surface area contributed by atoms with E-state index in [0.717, 1.165) is 17.0 Å². The summed E-state index contributed by atoms with van der Waals surface area (Å²) in [7, 11) is 1.92. The van der Waals surface area contributed by atoms with E-state index in [1.807, 2.05) is 65.5 Å². The third kappa shape index (κ3) is 5.94. The van der Waals surface area contributed by atoms with Gasteiger partial charge in [-0.1, -0.05) is 6.07 Å². The van der Waals surface area contributed by atoms with Gasteiger partial charge in [0.2, 0.25) is 11.8 Å². The van der Waals surface area contributed by atoms with Crippen molar-refractivity contribution in [3.63, 3.8) is 0 Å². The van der Waals surface area contributed by atoms with E-state index >= 15 is 0 Å². The van der Waals surface area contributed by atoms with Crippen molar-refractivity contribution in [3.8, 4) is 22.8 Å². The van der Waals surface area contributed by atoms with Crippen LogP contribution < -0.4 is 20.7 Å². The van der Waals surface area contributed by atoms with E-state index in [-0.39, 0.29) is 18.1 Å². The first-order valence-electron chi connectivity index (χ1n) is 11.0. The number of nitrogens with two attached hydrogens (primary N) is 1. The van der Waals surface area contributed by atoms with Gasteiger partial charge >= 0.3 is 0 Å². The van der Waals surface area contributed by atoms with Crippen LogP contribution in [0, 0.1) is 5.82 Å². The van der Waals surface area contributed by atoms with Gasteiger partial charge in [-0.25, -0.2) is 9.37 Å². The first-order chi connectivity index (χ1) is 16.8. The van der Waals surface area contributed by atoms with E-state index < -0.39 is 11.9 Å². The van der Waals surface area contributed by atoms with Crippen molar-refractivity contribution in [3.05, 3.63) is 84.4 Å². The van der Waals surface area contributed by atoms with Crippen molar-refractivity contribution < 1.29 is 18.7 Å². The zero-order valence-electron chi connectivity index (χ0n) is 19.4. The lowest BCUT2D eigenvalue weighted by Gasteiger charge is -2.24. The number of primary amides is 1. The number of hydrogen-bond acceptors (Lipinski definition) is 6. The van der Waals surface area contributed by atoms with Crippen molar-refractivity contribution >= 4 is 17.6 Å². The molecule has 2 amide bonds. The quantitative estimate of drug-likeness (QED) is 0.516. The van der Waals surface area contributed by atoms with Crippen LogP contribution in [0.5, 0.6) is 11.5 Å². The second-order valence-corrected chi connectivity index (χ2v) is 8.27. The molecule has 35 heavy (non-hydrogen) atoms. The summed E-state index contributed by atoms with van der Waals surface area (Å²) in [5.74, 6) is 0.639. The Hall–Kier alpha value is -4.40. The number of carbonyl (C=O) groups excluding carboxylic acids is 2. The smallest absolute Gasteiger partial charge is 0.240 e. The van der Waals surface area contributed by atoms with Gasteiger partial charge in [0.15, 0.2) is 0 Å². The van der Waals surface area contributed by atoms with Crippen LogP contribution >= 0.6 is 0 Å². The highest BCUT2D eigenvalue weighted by molar-refractivity contribution is 5.86. The molecule has 4 rings (SSSR count). The second-order valence-electron chi connectivity index (χ2n) is 8.27. The van der Waals surface area contributed by atoms with E-state index in [1.54, 1.807) is 12.1 Å². The summed E-state index contributed by atoms with van der Waals surface area (Å²) in [6.45, 7) is 1.89. The number of amides is 2. The summed E-state index contributed by atoms with van der Waals surface area (Å²) in [4.78, 5) is 32.1. The van der Waals surface area contributed by atoms with Crippen molar-refractivity contribution in [2.24, 2.45) is 5.73 Å². The van der Waals surface area contributed by atoms with E-state index in [1.165, 1.54) is 19.1 Å². The van der Waals surface area contributed by atoms with Crippen LogP contribution in [0.1, 0.15) is 13.3 Å². The minimum absolute atomic E-state index is 0.251. The van der Waals surface area contributed by atoms with Crippen LogP contribution in [0.15, 0.2) is 78.6 Å². The molecule has 1 atom stereocenters. The standard InChI is InChI=1S/C26H26FN5O3/c1-17(33)29-24(26(28)34)14-20-15-31(2)16-32(20)25-5-3-4-23(30-25)18-6-10-21(11-7-18)35-22-12-8-19(27)9-13-22/h3-13,15,24H,14,16H2,1-2H3,(H2,28,34)(H,29,33)/t24-/m0/s1. The van der Waals surface area contributed by atoms with Crippen LogP contribution in [-0.2, 0) is 9.59 Å². The summed E-state index contributed by atoms with van der Waals surface area (Å²) in [6.07, 6.45) is 2.16. The fraction of sp³-hybridized carbons (Fsp3) is 0.192. The van der Waals surface area contributed by atoms with Crippen molar-refractivity contribution in [1.29, 1.82) is 0 Å². The largest absolute Gasteiger partial charge is 0.457 e. The fourth-order valence-corrected chi connectivity index (χ4v) is 3.81. The number of nitrogens with zero attached hydrogens (tertiary/aromatic N) is 3. The number of halogens is 1. The Labute approximate surface area is 202 Å². The number of anilines is 1. The molecule has 1 aliphatic heterocycles. The van der Waals surface area contributed by atoms with E-state index in [0.29, 0.717) is 24.0 Å². The molecule has 0 saturated heterocycles. The first-order valence-corrected chi connectivity index (χ1v) is 11.0. The second kappa shape index (κ2) is 10.3. The summed E-state index contributed by atoms with van der Waals surface area (Å²) in [5.41, 5.74) is 7.97. The molecule has 8 nitrogen and oxygen atoms in total. The molecular weight excluding hydrogens is 449 g/mol. The normalized spacial score (nSPS) is 13.9. The molecule has 0 aliphatic carbocycles. The van der Waals surface area contributed by atoms with Crippen molar-refractivity contribution in [2.45, 2.75) is 19.4 Å². The highest BCUT2D eigenvalue weighted by Gasteiger charge is 2.27. The molecule has 2 aromatic carbocycles. The minimum atomic E-state index is -0.815. The Balaban J connectivity index is 1.51. The summed E-state index contributed by atoms with van der Waals surface area (Å²) in [5, 5.41) is 2.61. The maximum atomic E-state index is 13.1. The molecule has 0 fully saturated rings. The summed E-state index contributed by atoms with van der Waals surface area (Å²) >= 11 is 0. The van der Waals surface area contributed by atoms with E-state index in [9.17, 15) is 14.0 Å². The Bertz CT molecular complexity index is 1240. The van der Waals surface area contributed by atoms with Gasteiger partial charge in [-0.05, 0) is 60.7 Å². The average Bonchev–Trinajstić information content (AvgIpc) is 3.20. The maximum Gasteiger partial charge on any atom is 0.240 e. The van der Waals surface area contributed by atoms with Crippen LogP contribution in [-0.4, -0.2) is 41.5 Å². The van der Waals surface area contributed by atoms with Gasteiger partial charge < -0.3 is 25.6 Å². The lowest BCUT2D eigenvalue weighted by molar-refractivity contribution is -0.126. The van der Waals surface area contributed by atoms with Crippen LogP contribution in [0.25, 0.3) is 11.3 Å². The lowest BCUT2D eigenvalue weighted by atomic mass is 10.1. The molecule has 9 heteroatoms. The average molecular weight is 476 g/mol. The lowest BCUT2D eigenvalue weighted by Crippen LogP contribution is -2.44. The van der Waals surface area contributed by atoms with Crippen LogP contribution in [0.4, 0.5) is 10.2 Å². The highest BCUT2D eigenvalue weighted by Crippen LogP contribution is 2.29. The van der Waals surface area contributed by atoms with Crippen molar-refractivity contribution in [2.75, 3.05) is 18.6 Å². The minimum Gasteiger partial charge on any atom is -0.457 e. The number of aromatic nitrogens is 1. The number of ether oxygens (including phenoxy) is 1. The van der Waals surface area contributed by atoms with Gasteiger partial charge in [-0.2, -0.15) is 0 Å². The molecular formula is C26H26FN5O3. The van der Waals surface area contributed by atoms with E-state index in [4.69, 9.17) is 15.5 Å². The van der Waals surface area contributed by atoms with E-state index in [2.05, 4.69) is 5.32 Å². The fourth-order valence-electron chi connectivity index (χ4n) is 3.81. The zero-order chi connectivity index (χ0) is 24.9. The van der Waals surface area contributed by atoms with Crippen LogP contribution in [0.3, 0.4) is 0 Å². The number of carbonyl (C=O) groups is 2. The molecule has 3 N–H and O–H groups in total. The van der Waals surface area contributed by atoms with Gasteiger partial charge in [0, 0.05) is 37.9 Å². The van der Waals surface area contributed by atoms with Gasteiger partial charge in [0.25, 0.3) is 0 Å². The topological polar surface area (TPSA) is 101 Å². The molecule has 0 spiro atoms. The molecule has 2 heterocycles. The van der Waals surface area contributed by atoms with Crippen molar-refractivity contribution in [1.82, 2.24) is 15.2 Å². The number of hydrogen-bond donors (Lipinski definition) is 2. The third-order valence-corrected chi connectivity index (χ3v) is 5.43. The Morgan fingerprint density at radius 2 is 1.74 bits per heavy atom. The van der Waals surface area contributed by atoms with Gasteiger partial charge in [0.1, 0.15) is 29.2 Å². The molecule has 1 aromatic heterocycles. The number of rotatable bonds is 8. The molecule has 1 aliphatic rings. The molecule has 0 radical (unpaired) electrons. The summed E-state index contributed by atoms with van der Waals surface area (Å²) < 4.78 is 18.9. The Kier molecular flexibility index (Phi) is 6.96. The first kappa shape index (κ1) is 23.7. The molecule has 3 aromatic rings. The predicted octanol–water partition coefficient (Wildman–Crippen LogP) is 3.61. The van der Waals surface area contributed by atoms with Gasteiger partial charge in [-0.15, -0.1) is 0 Å². The number of nitrogens with one attached hydrogen (secondary N) is 1. The third-order valence-electron chi connectivity index (χ3n) is 5.43. The number of pyridine rings is 1. The Morgan fingerprint density at radius 3 is 2.37 bits per heavy atom.